The highest BCUT2D eigenvalue weighted by Gasteiger charge is 2.34. The predicted octanol–water partition coefficient (Wildman–Crippen LogP) is 11.2. The van der Waals surface area contributed by atoms with Crippen molar-refractivity contribution in [3.05, 3.63) is 0 Å². The molecule has 2 heteroatoms. The van der Waals surface area contributed by atoms with Crippen LogP contribution >= 0.6 is 0 Å². The molecule has 0 bridgehead atoms. The first-order chi connectivity index (χ1) is 17.2. The topological polar surface area (TPSA) is 6.48 Å². The first-order valence-electron chi connectivity index (χ1n) is 16.7. The van der Waals surface area contributed by atoms with Crippen LogP contribution in [0.25, 0.3) is 0 Å². The first-order valence-corrected chi connectivity index (χ1v) is 16.7. The van der Waals surface area contributed by atoms with Crippen molar-refractivity contribution < 1.29 is 0 Å². The van der Waals surface area contributed by atoms with Gasteiger partial charge in [0.05, 0.1) is 0 Å². The van der Waals surface area contributed by atoms with Gasteiger partial charge in [-0.2, -0.15) is 0 Å². The summed E-state index contributed by atoms with van der Waals surface area (Å²) < 4.78 is 0. The smallest absolute Gasteiger partial charge is 0.0125 e. The molecule has 2 aliphatic heterocycles. The quantitative estimate of drug-likeness (QED) is 0.302. The van der Waals surface area contributed by atoms with Crippen LogP contribution in [0.3, 0.4) is 0 Å². The van der Waals surface area contributed by atoms with E-state index in [9.17, 15) is 0 Å². The second-order valence-corrected chi connectivity index (χ2v) is 16.3. The van der Waals surface area contributed by atoms with Crippen molar-refractivity contribution in [3.63, 3.8) is 0 Å². The van der Waals surface area contributed by atoms with Crippen LogP contribution in [0.2, 0.25) is 0 Å². The maximum absolute atomic E-state index is 2.57. The molecule has 0 amide bonds. The zero-order valence-corrected chi connectivity index (χ0v) is 30.3. The number of likely N-dealkylation sites (tertiary alicyclic amines) is 2. The van der Waals surface area contributed by atoms with Crippen molar-refractivity contribution in [2.45, 2.75) is 174 Å². The molecule has 0 N–H and O–H groups in total. The Morgan fingerprint density at radius 3 is 0.763 bits per heavy atom. The van der Waals surface area contributed by atoms with Gasteiger partial charge in [0.1, 0.15) is 0 Å². The van der Waals surface area contributed by atoms with E-state index in [0.29, 0.717) is 21.9 Å². The molecule has 0 spiro atoms. The van der Waals surface area contributed by atoms with Crippen LogP contribution in [-0.2, 0) is 0 Å². The Morgan fingerprint density at radius 2 is 0.658 bits per heavy atom. The van der Waals surface area contributed by atoms with Crippen molar-refractivity contribution in [1.29, 1.82) is 0 Å². The van der Waals surface area contributed by atoms with Crippen molar-refractivity contribution in [2.75, 3.05) is 26.2 Å². The number of hydrogen-bond donors (Lipinski definition) is 0. The minimum Gasteiger partial charge on any atom is -0.298 e. The Morgan fingerprint density at radius 1 is 0.421 bits per heavy atom. The van der Waals surface area contributed by atoms with Gasteiger partial charge in [0.2, 0.25) is 0 Å². The van der Waals surface area contributed by atoms with Gasteiger partial charge in [-0.05, 0) is 128 Å². The van der Waals surface area contributed by atoms with Gasteiger partial charge in [-0.25, -0.2) is 0 Å². The normalized spacial score (nSPS) is 27.0. The fourth-order valence-corrected chi connectivity index (χ4v) is 5.91. The molecule has 3 fully saturated rings. The van der Waals surface area contributed by atoms with Crippen molar-refractivity contribution in [3.8, 4) is 0 Å². The van der Waals surface area contributed by atoms with Crippen LogP contribution in [0.5, 0.6) is 0 Å². The van der Waals surface area contributed by atoms with E-state index < -0.39 is 0 Å². The minimum absolute atomic E-state index is 0.394. The Balaban J connectivity index is 0. The van der Waals surface area contributed by atoms with Crippen molar-refractivity contribution >= 4 is 0 Å². The van der Waals surface area contributed by atoms with E-state index in [1.807, 2.05) is 27.7 Å². The van der Waals surface area contributed by atoms with Crippen LogP contribution in [0, 0.1) is 34.5 Å². The molecule has 1 aliphatic carbocycles. The summed E-state index contributed by atoms with van der Waals surface area (Å²) >= 11 is 0. The monoisotopic (exact) mass is 539 g/mol. The zero-order chi connectivity index (χ0) is 30.5. The fourth-order valence-electron chi connectivity index (χ4n) is 5.91. The maximum Gasteiger partial charge on any atom is 0.0125 e. The lowest BCUT2D eigenvalue weighted by molar-refractivity contribution is 0.0970. The van der Waals surface area contributed by atoms with E-state index in [0.717, 1.165) is 23.7 Å². The van der Waals surface area contributed by atoms with Gasteiger partial charge in [-0.1, -0.05) is 83.1 Å². The lowest BCUT2D eigenvalue weighted by atomic mass is 9.64. The molecule has 0 aromatic heterocycles. The molecule has 2 atom stereocenters. The third-order valence-corrected chi connectivity index (χ3v) is 8.92. The molecule has 2 saturated heterocycles. The summed E-state index contributed by atoms with van der Waals surface area (Å²) in [6.07, 6.45) is 8.57. The molecule has 1 saturated carbocycles. The molecule has 232 valence electrons. The van der Waals surface area contributed by atoms with E-state index in [1.165, 1.54) is 64.7 Å². The SMILES string of the molecule is CC.CC.CC(C)(C)C1CCC(C(C)(C)C)CC1.C[C@@H]1CCN(C(C)(C)C)C1.C[C@H]1CCN(C(C)(C)C)C1. The Hall–Kier alpha value is -0.0800. The summed E-state index contributed by atoms with van der Waals surface area (Å²) in [6.45, 7) is 46.0. The van der Waals surface area contributed by atoms with E-state index >= 15 is 0 Å². The summed E-state index contributed by atoms with van der Waals surface area (Å²) in [5.74, 6) is 3.75. The summed E-state index contributed by atoms with van der Waals surface area (Å²) in [7, 11) is 0. The molecule has 2 nitrogen and oxygen atoms in total. The van der Waals surface area contributed by atoms with Gasteiger partial charge >= 0.3 is 0 Å². The highest BCUT2D eigenvalue weighted by atomic mass is 15.2. The lowest BCUT2D eigenvalue weighted by Crippen LogP contribution is -2.39. The second kappa shape index (κ2) is 17.7. The highest BCUT2D eigenvalue weighted by molar-refractivity contribution is 4.85. The van der Waals surface area contributed by atoms with Crippen molar-refractivity contribution in [2.24, 2.45) is 34.5 Å². The predicted molar refractivity (Wildman–Crippen MR) is 177 cm³/mol. The average Bonchev–Trinajstić information content (AvgIpc) is 3.45. The molecule has 3 rings (SSSR count). The van der Waals surface area contributed by atoms with E-state index in [2.05, 4.69) is 107 Å². The fraction of sp³-hybridized carbons (Fsp3) is 1.00. The number of nitrogens with zero attached hydrogens (tertiary/aromatic N) is 2. The summed E-state index contributed by atoms with van der Waals surface area (Å²) in [6, 6.07) is 0. The molecule has 0 aromatic carbocycles. The summed E-state index contributed by atoms with van der Waals surface area (Å²) in [4.78, 5) is 5.13. The number of hydrogen-bond acceptors (Lipinski definition) is 2. The van der Waals surface area contributed by atoms with Gasteiger partial charge in [-0.15, -0.1) is 0 Å². The Labute approximate surface area is 244 Å². The molecule has 0 radical (unpaired) electrons. The third-order valence-electron chi connectivity index (χ3n) is 8.92. The standard InChI is InChI=1S/C14H28.2C9H19N.2C2H6/c1-13(2,3)11-7-9-12(10-8-11)14(4,5)6;2*1-8-5-6-10(7-8)9(2,3)4;2*1-2/h11-12H,7-10H2,1-6H3;2*8H,5-7H2,1-4H3;2*1-2H3/t;2*8-;;/m.10../s1. The zero-order valence-electron chi connectivity index (χ0n) is 30.3. The van der Waals surface area contributed by atoms with E-state index in [1.54, 1.807) is 0 Å². The minimum atomic E-state index is 0.394. The molecule has 3 aliphatic rings. The molecule has 0 unspecified atom stereocenters. The Bertz CT molecular complexity index is 506. The summed E-state index contributed by atoms with van der Waals surface area (Å²) in [5, 5.41) is 0. The van der Waals surface area contributed by atoms with Gasteiger partial charge in [0.15, 0.2) is 0 Å². The van der Waals surface area contributed by atoms with Gasteiger partial charge in [-0.3, -0.25) is 9.80 Å². The molecule has 38 heavy (non-hydrogen) atoms. The molecular weight excluding hydrogens is 460 g/mol. The van der Waals surface area contributed by atoms with Crippen molar-refractivity contribution in [1.82, 2.24) is 9.80 Å². The first kappa shape index (κ1) is 40.1. The highest BCUT2D eigenvalue weighted by Crippen LogP contribution is 2.45. The Kier molecular flexibility index (Phi) is 18.6. The van der Waals surface area contributed by atoms with E-state index in [-0.39, 0.29) is 0 Å². The molecule has 0 aromatic rings. The van der Waals surface area contributed by atoms with Crippen LogP contribution in [-0.4, -0.2) is 47.1 Å². The van der Waals surface area contributed by atoms with Gasteiger partial charge < -0.3 is 0 Å². The van der Waals surface area contributed by atoms with Crippen LogP contribution in [0.4, 0.5) is 0 Å². The van der Waals surface area contributed by atoms with Crippen LogP contribution in [0.15, 0.2) is 0 Å². The van der Waals surface area contributed by atoms with Gasteiger partial charge in [0.25, 0.3) is 0 Å². The van der Waals surface area contributed by atoms with Crippen LogP contribution < -0.4 is 0 Å². The maximum atomic E-state index is 2.57. The second-order valence-electron chi connectivity index (χ2n) is 16.3. The number of rotatable bonds is 0. The van der Waals surface area contributed by atoms with Crippen LogP contribution in [0.1, 0.15) is 163 Å². The summed E-state index contributed by atoms with van der Waals surface area (Å²) in [5.41, 5.74) is 1.85. The van der Waals surface area contributed by atoms with Gasteiger partial charge in [0, 0.05) is 24.2 Å². The third kappa shape index (κ3) is 16.2. The molecule has 2 heterocycles. The van der Waals surface area contributed by atoms with E-state index in [4.69, 9.17) is 0 Å². The lowest BCUT2D eigenvalue weighted by Gasteiger charge is -2.41. The average molecular weight is 539 g/mol. The molecular formula is C36H78N2. The largest absolute Gasteiger partial charge is 0.298 e.